The van der Waals surface area contributed by atoms with Crippen LogP contribution in [0, 0.1) is 5.92 Å². The fourth-order valence-corrected chi connectivity index (χ4v) is 5.36. The van der Waals surface area contributed by atoms with Gasteiger partial charge in [0.2, 0.25) is 5.91 Å². The van der Waals surface area contributed by atoms with Crippen LogP contribution in [0.15, 0.2) is 0 Å². The van der Waals surface area contributed by atoms with Gasteiger partial charge in [0.25, 0.3) is 0 Å². The molecule has 0 aromatic rings. The van der Waals surface area contributed by atoms with Crippen molar-refractivity contribution in [2.75, 3.05) is 31.1 Å². The molecule has 0 spiro atoms. The maximum absolute atomic E-state index is 12.4. The first-order valence-corrected chi connectivity index (χ1v) is 10.1. The lowest BCUT2D eigenvalue weighted by atomic mass is 9.94. The highest BCUT2D eigenvalue weighted by atomic mass is 32.2. The van der Waals surface area contributed by atoms with Crippen molar-refractivity contribution >= 4 is 17.7 Å². The standard InChI is InChI=1S/C17H30N2O2S/c20-16(18-13-17(21)7-10-22-11-8-17)14-6-9-19(12-14)15-4-2-1-3-5-15/h14-15,21H,1-13H2,(H,18,20). The number of aliphatic hydroxyl groups is 1. The van der Waals surface area contributed by atoms with Gasteiger partial charge in [-0.25, -0.2) is 0 Å². The van der Waals surface area contributed by atoms with Gasteiger partial charge in [-0.3, -0.25) is 9.69 Å². The van der Waals surface area contributed by atoms with Gasteiger partial charge in [-0.15, -0.1) is 0 Å². The highest BCUT2D eigenvalue weighted by Gasteiger charge is 2.35. The fraction of sp³-hybridized carbons (Fsp3) is 0.941. The highest BCUT2D eigenvalue weighted by Crippen LogP contribution is 2.29. The van der Waals surface area contributed by atoms with E-state index in [9.17, 15) is 9.90 Å². The van der Waals surface area contributed by atoms with Gasteiger partial charge in [-0.2, -0.15) is 11.8 Å². The molecule has 3 rings (SSSR count). The summed E-state index contributed by atoms with van der Waals surface area (Å²) in [4.78, 5) is 14.9. The van der Waals surface area contributed by atoms with E-state index in [4.69, 9.17) is 0 Å². The van der Waals surface area contributed by atoms with Crippen LogP contribution in [0.1, 0.15) is 51.4 Å². The molecule has 0 aromatic carbocycles. The number of amides is 1. The van der Waals surface area contributed by atoms with Crippen LogP contribution in [0.3, 0.4) is 0 Å². The largest absolute Gasteiger partial charge is 0.388 e. The van der Waals surface area contributed by atoms with Crippen LogP contribution in [-0.2, 0) is 4.79 Å². The number of nitrogens with zero attached hydrogens (tertiary/aromatic N) is 1. The third-order valence-electron chi connectivity index (χ3n) is 5.70. The quantitative estimate of drug-likeness (QED) is 0.830. The Balaban J connectivity index is 1.43. The summed E-state index contributed by atoms with van der Waals surface area (Å²) in [5.74, 6) is 2.30. The minimum atomic E-state index is -0.664. The zero-order chi connectivity index (χ0) is 15.4. The molecule has 1 aliphatic carbocycles. The summed E-state index contributed by atoms with van der Waals surface area (Å²) in [6.07, 6.45) is 9.29. The second kappa shape index (κ2) is 7.54. The number of rotatable bonds is 4. The maximum atomic E-state index is 12.4. The summed E-state index contributed by atoms with van der Waals surface area (Å²) in [5, 5.41) is 13.5. The van der Waals surface area contributed by atoms with Gasteiger partial charge < -0.3 is 10.4 Å². The first-order valence-electron chi connectivity index (χ1n) is 8.98. The zero-order valence-electron chi connectivity index (χ0n) is 13.6. The Kier molecular flexibility index (Phi) is 5.69. The molecule has 5 heteroatoms. The van der Waals surface area contributed by atoms with Crippen molar-refractivity contribution in [1.82, 2.24) is 10.2 Å². The monoisotopic (exact) mass is 326 g/mol. The SMILES string of the molecule is O=C(NCC1(O)CCSCC1)C1CCN(C2CCCCC2)C1. The van der Waals surface area contributed by atoms with Crippen LogP contribution in [0.4, 0.5) is 0 Å². The predicted molar refractivity (Wildman–Crippen MR) is 91.1 cm³/mol. The van der Waals surface area contributed by atoms with Gasteiger partial charge in [-0.05, 0) is 50.2 Å². The Hall–Kier alpha value is -0.260. The molecule has 0 aromatic heterocycles. The molecule has 4 nitrogen and oxygen atoms in total. The van der Waals surface area contributed by atoms with Gasteiger partial charge in [0.1, 0.15) is 0 Å². The average Bonchev–Trinajstić information content (AvgIpc) is 3.04. The molecule has 22 heavy (non-hydrogen) atoms. The molecule has 0 bridgehead atoms. The number of likely N-dealkylation sites (tertiary alicyclic amines) is 1. The van der Waals surface area contributed by atoms with E-state index in [0.29, 0.717) is 12.6 Å². The molecule has 2 saturated heterocycles. The lowest BCUT2D eigenvalue weighted by molar-refractivity contribution is -0.126. The summed E-state index contributed by atoms with van der Waals surface area (Å²) in [6, 6.07) is 0.714. The molecule has 3 aliphatic rings. The summed E-state index contributed by atoms with van der Waals surface area (Å²) in [7, 11) is 0. The van der Waals surface area contributed by atoms with E-state index in [1.165, 1.54) is 32.1 Å². The van der Waals surface area contributed by atoms with Gasteiger partial charge in [0, 0.05) is 19.1 Å². The normalized spacial score (nSPS) is 30.3. The van der Waals surface area contributed by atoms with E-state index in [2.05, 4.69) is 10.2 Å². The minimum Gasteiger partial charge on any atom is -0.388 e. The molecule has 3 fully saturated rings. The summed E-state index contributed by atoms with van der Waals surface area (Å²) >= 11 is 1.89. The van der Waals surface area contributed by atoms with E-state index in [1.807, 2.05) is 11.8 Å². The third kappa shape index (κ3) is 4.18. The number of carbonyl (C=O) groups is 1. The van der Waals surface area contributed by atoms with Crippen molar-refractivity contribution < 1.29 is 9.90 Å². The molecule has 1 saturated carbocycles. The van der Waals surface area contributed by atoms with Gasteiger partial charge in [0.05, 0.1) is 11.5 Å². The Morgan fingerprint density at radius 1 is 1.18 bits per heavy atom. The topological polar surface area (TPSA) is 52.6 Å². The molecular weight excluding hydrogens is 296 g/mol. The van der Waals surface area contributed by atoms with E-state index in [0.717, 1.165) is 43.9 Å². The Morgan fingerprint density at radius 2 is 1.91 bits per heavy atom. The molecule has 2 heterocycles. The van der Waals surface area contributed by atoms with Crippen molar-refractivity contribution in [1.29, 1.82) is 0 Å². The Morgan fingerprint density at radius 3 is 2.64 bits per heavy atom. The van der Waals surface area contributed by atoms with Crippen molar-refractivity contribution in [2.24, 2.45) is 5.92 Å². The Labute approximate surface area is 138 Å². The second-order valence-corrected chi connectivity index (χ2v) is 8.55. The van der Waals surface area contributed by atoms with Crippen molar-refractivity contribution in [3.05, 3.63) is 0 Å². The maximum Gasteiger partial charge on any atom is 0.224 e. The van der Waals surface area contributed by atoms with Crippen LogP contribution >= 0.6 is 11.8 Å². The molecular formula is C17H30N2O2S. The number of nitrogens with one attached hydrogen (secondary N) is 1. The first kappa shape index (κ1) is 16.6. The minimum absolute atomic E-state index is 0.128. The number of hydrogen-bond acceptors (Lipinski definition) is 4. The number of carbonyl (C=O) groups excluding carboxylic acids is 1. The highest BCUT2D eigenvalue weighted by molar-refractivity contribution is 7.99. The van der Waals surface area contributed by atoms with Gasteiger partial charge in [0.15, 0.2) is 0 Å². The van der Waals surface area contributed by atoms with E-state index < -0.39 is 5.60 Å². The van der Waals surface area contributed by atoms with Crippen molar-refractivity contribution in [3.63, 3.8) is 0 Å². The lowest BCUT2D eigenvalue weighted by Crippen LogP contribution is -2.47. The van der Waals surface area contributed by atoms with Crippen LogP contribution in [-0.4, -0.2) is 58.7 Å². The van der Waals surface area contributed by atoms with Crippen molar-refractivity contribution in [2.45, 2.75) is 63.0 Å². The zero-order valence-corrected chi connectivity index (χ0v) is 14.4. The van der Waals surface area contributed by atoms with Gasteiger partial charge in [-0.1, -0.05) is 19.3 Å². The van der Waals surface area contributed by atoms with E-state index in [-0.39, 0.29) is 11.8 Å². The summed E-state index contributed by atoms with van der Waals surface area (Å²) in [6.45, 7) is 2.43. The molecule has 126 valence electrons. The van der Waals surface area contributed by atoms with Crippen LogP contribution in [0.25, 0.3) is 0 Å². The Bertz CT molecular complexity index is 379. The molecule has 2 N–H and O–H groups in total. The summed E-state index contributed by atoms with van der Waals surface area (Å²) < 4.78 is 0. The molecule has 1 unspecified atom stereocenters. The number of thioether (sulfide) groups is 1. The fourth-order valence-electron chi connectivity index (χ4n) is 4.10. The molecule has 1 amide bonds. The molecule has 1 atom stereocenters. The van der Waals surface area contributed by atoms with Crippen LogP contribution < -0.4 is 5.32 Å². The second-order valence-electron chi connectivity index (χ2n) is 7.33. The summed E-state index contributed by atoms with van der Waals surface area (Å²) in [5.41, 5.74) is -0.664. The first-order chi connectivity index (χ1) is 10.7. The van der Waals surface area contributed by atoms with Gasteiger partial charge >= 0.3 is 0 Å². The smallest absolute Gasteiger partial charge is 0.224 e. The molecule has 2 aliphatic heterocycles. The van der Waals surface area contributed by atoms with E-state index >= 15 is 0 Å². The van der Waals surface area contributed by atoms with Crippen LogP contribution in [0.2, 0.25) is 0 Å². The van der Waals surface area contributed by atoms with Crippen LogP contribution in [0.5, 0.6) is 0 Å². The number of hydrogen-bond donors (Lipinski definition) is 2. The predicted octanol–water partition coefficient (Wildman–Crippen LogP) is 2.02. The lowest BCUT2D eigenvalue weighted by Gasteiger charge is -2.32. The third-order valence-corrected chi connectivity index (χ3v) is 6.68. The van der Waals surface area contributed by atoms with Crippen molar-refractivity contribution in [3.8, 4) is 0 Å². The average molecular weight is 327 g/mol. The molecule has 0 radical (unpaired) electrons. The van der Waals surface area contributed by atoms with E-state index in [1.54, 1.807) is 0 Å².